The SMILES string of the molecule is Cc1ccc(C)c(CC(CC(=O)O)N2CCC(C)CC2)c1. The lowest BCUT2D eigenvalue weighted by atomic mass is 9.93. The third-order valence-corrected chi connectivity index (χ3v) is 4.71. The molecule has 1 fully saturated rings. The molecule has 0 saturated carbocycles. The first-order valence-corrected chi connectivity index (χ1v) is 7.97. The molecule has 0 bridgehead atoms. The van der Waals surface area contributed by atoms with E-state index in [2.05, 4.69) is 43.9 Å². The van der Waals surface area contributed by atoms with Crippen LogP contribution in [0.25, 0.3) is 0 Å². The fourth-order valence-corrected chi connectivity index (χ4v) is 3.20. The molecule has 3 nitrogen and oxygen atoms in total. The van der Waals surface area contributed by atoms with Gasteiger partial charge in [-0.15, -0.1) is 0 Å². The number of likely N-dealkylation sites (tertiary alicyclic amines) is 1. The zero-order valence-electron chi connectivity index (χ0n) is 13.4. The number of aryl methyl sites for hydroxylation is 2. The molecule has 116 valence electrons. The molecule has 0 amide bonds. The van der Waals surface area contributed by atoms with Crippen molar-refractivity contribution < 1.29 is 9.90 Å². The minimum atomic E-state index is -0.691. The Balaban J connectivity index is 2.12. The van der Waals surface area contributed by atoms with Crippen LogP contribution in [0.5, 0.6) is 0 Å². The average molecular weight is 289 g/mol. The summed E-state index contributed by atoms with van der Waals surface area (Å²) in [6.45, 7) is 8.56. The van der Waals surface area contributed by atoms with Crippen LogP contribution in [0.3, 0.4) is 0 Å². The van der Waals surface area contributed by atoms with Crippen LogP contribution in [0.4, 0.5) is 0 Å². The summed E-state index contributed by atoms with van der Waals surface area (Å²) in [5.41, 5.74) is 3.80. The van der Waals surface area contributed by atoms with Crippen LogP contribution in [-0.4, -0.2) is 35.1 Å². The van der Waals surface area contributed by atoms with Gasteiger partial charge in [-0.25, -0.2) is 0 Å². The van der Waals surface area contributed by atoms with Crippen molar-refractivity contribution in [2.45, 2.75) is 52.5 Å². The number of nitrogens with zero attached hydrogens (tertiary/aromatic N) is 1. The largest absolute Gasteiger partial charge is 0.481 e. The number of rotatable bonds is 5. The Kier molecular flexibility index (Phi) is 5.40. The van der Waals surface area contributed by atoms with Gasteiger partial charge < -0.3 is 5.11 Å². The number of aliphatic carboxylic acids is 1. The molecule has 0 aromatic heterocycles. The first-order valence-electron chi connectivity index (χ1n) is 7.97. The molecule has 1 atom stereocenters. The molecule has 1 aliphatic rings. The molecule has 0 aliphatic carbocycles. The monoisotopic (exact) mass is 289 g/mol. The van der Waals surface area contributed by atoms with Gasteiger partial charge in [0.05, 0.1) is 6.42 Å². The van der Waals surface area contributed by atoms with Gasteiger partial charge in [-0.2, -0.15) is 0 Å². The minimum absolute atomic E-state index is 0.121. The number of carboxylic acid groups (broad SMARTS) is 1. The Morgan fingerprint density at radius 3 is 2.62 bits per heavy atom. The lowest BCUT2D eigenvalue weighted by Crippen LogP contribution is -2.43. The second-order valence-corrected chi connectivity index (χ2v) is 6.60. The van der Waals surface area contributed by atoms with E-state index in [0.717, 1.165) is 25.4 Å². The summed E-state index contributed by atoms with van der Waals surface area (Å²) in [5.74, 6) is 0.0800. The lowest BCUT2D eigenvalue weighted by molar-refractivity contribution is -0.138. The standard InChI is InChI=1S/C18H27NO2/c1-13-6-8-19(9-7-13)17(12-18(20)21)11-16-10-14(2)4-5-15(16)3/h4-5,10,13,17H,6-9,11-12H2,1-3H3,(H,20,21). The molecular weight excluding hydrogens is 262 g/mol. The first-order chi connectivity index (χ1) is 9.95. The van der Waals surface area contributed by atoms with Gasteiger partial charge in [-0.05, 0) is 63.2 Å². The van der Waals surface area contributed by atoms with Crippen LogP contribution in [0.15, 0.2) is 18.2 Å². The third kappa shape index (κ3) is 4.57. The lowest BCUT2D eigenvalue weighted by Gasteiger charge is -2.36. The van der Waals surface area contributed by atoms with Crippen molar-refractivity contribution in [3.8, 4) is 0 Å². The molecule has 1 saturated heterocycles. The predicted octanol–water partition coefficient (Wildman–Crippen LogP) is 3.42. The molecule has 0 spiro atoms. The van der Waals surface area contributed by atoms with Gasteiger partial charge in [0, 0.05) is 6.04 Å². The number of carbonyl (C=O) groups is 1. The van der Waals surface area contributed by atoms with Crippen molar-refractivity contribution in [2.75, 3.05) is 13.1 Å². The normalized spacial score (nSPS) is 18.6. The number of carboxylic acids is 1. The van der Waals surface area contributed by atoms with E-state index < -0.39 is 5.97 Å². The Labute approximate surface area is 128 Å². The summed E-state index contributed by atoms with van der Waals surface area (Å²) in [6.07, 6.45) is 3.45. The van der Waals surface area contributed by atoms with Crippen molar-refractivity contribution in [2.24, 2.45) is 5.92 Å². The van der Waals surface area contributed by atoms with E-state index in [9.17, 15) is 9.90 Å². The summed E-state index contributed by atoms with van der Waals surface area (Å²) in [7, 11) is 0. The van der Waals surface area contributed by atoms with E-state index in [1.54, 1.807) is 0 Å². The van der Waals surface area contributed by atoms with Gasteiger partial charge >= 0.3 is 5.97 Å². The van der Waals surface area contributed by atoms with Crippen molar-refractivity contribution in [3.05, 3.63) is 34.9 Å². The highest BCUT2D eigenvalue weighted by molar-refractivity contribution is 5.67. The van der Waals surface area contributed by atoms with E-state index in [0.29, 0.717) is 0 Å². The third-order valence-electron chi connectivity index (χ3n) is 4.71. The summed E-state index contributed by atoms with van der Waals surface area (Å²) in [5, 5.41) is 9.24. The fraction of sp³-hybridized carbons (Fsp3) is 0.611. The van der Waals surface area contributed by atoms with E-state index in [4.69, 9.17) is 0 Å². The zero-order chi connectivity index (χ0) is 15.4. The Morgan fingerprint density at radius 1 is 1.33 bits per heavy atom. The highest BCUT2D eigenvalue weighted by Gasteiger charge is 2.25. The smallest absolute Gasteiger partial charge is 0.304 e. The topological polar surface area (TPSA) is 40.5 Å². The van der Waals surface area contributed by atoms with Crippen LogP contribution >= 0.6 is 0 Å². The van der Waals surface area contributed by atoms with Gasteiger partial charge in [0.15, 0.2) is 0 Å². The van der Waals surface area contributed by atoms with Crippen LogP contribution in [0.2, 0.25) is 0 Å². The summed E-state index contributed by atoms with van der Waals surface area (Å²) in [6, 6.07) is 6.58. The zero-order valence-corrected chi connectivity index (χ0v) is 13.4. The quantitative estimate of drug-likeness (QED) is 0.903. The van der Waals surface area contributed by atoms with Crippen molar-refractivity contribution >= 4 is 5.97 Å². The van der Waals surface area contributed by atoms with E-state index >= 15 is 0 Å². The molecule has 1 unspecified atom stereocenters. The van der Waals surface area contributed by atoms with Gasteiger partial charge in [0.1, 0.15) is 0 Å². The molecule has 3 heteroatoms. The molecule has 1 N–H and O–H groups in total. The number of hydrogen-bond acceptors (Lipinski definition) is 2. The predicted molar refractivity (Wildman–Crippen MR) is 85.6 cm³/mol. The first kappa shape index (κ1) is 16.0. The number of benzene rings is 1. The number of piperidine rings is 1. The van der Waals surface area contributed by atoms with Gasteiger partial charge in [0.25, 0.3) is 0 Å². The second-order valence-electron chi connectivity index (χ2n) is 6.60. The second kappa shape index (κ2) is 7.08. The summed E-state index contributed by atoms with van der Waals surface area (Å²) in [4.78, 5) is 13.6. The van der Waals surface area contributed by atoms with Crippen molar-refractivity contribution in [1.29, 1.82) is 0 Å². The average Bonchev–Trinajstić information content (AvgIpc) is 2.42. The number of hydrogen-bond donors (Lipinski definition) is 1. The summed E-state index contributed by atoms with van der Waals surface area (Å²) >= 11 is 0. The van der Waals surface area contributed by atoms with Crippen molar-refractivity contribution in [1.82, 2.24) is 4.90 Å². The highest BCUT2D eigenvalue weighted by atomic mass is 16.4. The van der Waals surface area contributed by atoms with Crippen molar-refractivity contribution in [3.63, 3.8) is 0 Å². The fourth-order valence-electron chi connectivity index (χ4n) is 3.20. The molecule has 1 aromatic rings. The molecule has 0 radical (unpaired) electrons. The molecule has 1 aliphatic heterocycles. The Hall–Kier alpha value is -1.35. The summed E-state index contributed by atoms with van der Waals surface area (Å²) < 4.78 is 0. The van der Waals surface area contributed by atoms with Gasteiger partial charge in [-0.1, -0.05) is 30.7 Å². The molecule has 21 heavy (non-hydrogen) atoms. The highest BCUT2D eigenvalue weighted by Crippen LogP contribution is 2.23. The molecular formula is C18H27NO2. The Bertz CT molecular complexity index is 490. The maximum atomic E-state index is 11.2. The van der Waals surface area contributed by atoms with E-state index in [1.807, 2.05) is 0 Å². The van der Waals surface area contributed by atoms with Gasteiger partial charge in [-0.3, -0.25) is 9.69 Å². The molecule has 2 rings (SSSR count). The minimum Gasteiger partial charge on any atom is -0.481 e. The van der Waals surface area contributed by atoms with Crippen LogP contribution in [0, 0.1) is 19.8 Å². The van der Waals surface area contributed by atoms with Crippen LogP contribution < -0.4 is 0 Å². The van der Waals surface area contributed by atoms with E-state index in [1.165, 1.54) is 29.5 Å². The molecule has 1 aromatic carbocycles. The maximum absolute atomic E-state index is 11.2. The van der Waals surface area contributed by atoms with Crippen LogP contribution in [0.1, 0.15) is 42.9 Å². The Morgan fingerprint density at radius 2 is 2.00 bits per heavy atom. The van der Waals surface area contributed by atoms with Gasteiger partial charge in [0.2, 0.25) is 0 Å². The maximum Gasteiger partial charge on any atom is 0.304 e. The molecule has 1 heterocycles. The van der Waals surface area contributed by atoms with Crippen LogP contribution in [-0.2, 0) is 11.2 Å². The van der Waals surface area contributed by atoms with E-state index in [-0.39, 0.29) is 12.5 Å².